The number of benzene rings is 2. The fourth-order valence-corrected chi connectivity index (χ4v) is 17.1. The fourth-order valence-electron chi connectivity index (χ4n) is 15.5. The summed E-state index contributed by atoms with van der Waals surface area (Å²) in [6, 6.07) is 8.92. The molecule has 3 amide bonds. The summed E-state index contributed by atoms with van der Waals surface area (Å²) in [5.41, 5.74) is -0.00318. The molecule has 4 aromatic rings. The third-order valence-electron chi connectivity index (χ3n) is 22.3. The first-order chi connectivity index (χ1) is 51.3. The number of hydrogen-bond acceptors (Lipinski definition) is 22. The topological polar surface area (TPSA) is 369 Å². The molecule has 6 aliphatic carbocycles. The third kappa shape index (κ3) is 21.5. The number of hydrogen-bond donors (Lipinski definition) is 3. The molecule has 10 atom stereocenters. The highest BCUT2D eigenvalue weighted by atomic mass is 32.2. The zero-order valence-corrected chi connectivity index (χ0v) is 66.6. The number of rotatable bonds is 27. The summed E-state index contributed by atoms with van der Waals surface area (Å²) in [7, 11) is -3.50. The molecular weight excluding hydrogens is 1450 g/mol. The van der Waals surface area contributed by atoms with Gasteiger partial charge in [-0.15, -0.1) is 13.2 Å². The number of pyridine rings is 2. The van der Waals surface area contributed by atoms with Crippen LogP contribution in [0.1, 0.15) is 188 Å². The molecule has 2 aromatic carbocycles. The van der Waals surface area contributed by atoms with Crippen LogP contribution in [-0.2, 0) is 81.5 Å². The standard InChI is InChI=1S/C39H51N3O10S.C27H41NO6.C11H11NO2.C3H7NO3S/c1-7-24-20-39(24,37(46)41-53(47,48)52-26-12-13-26)21-31(43)30-18-27(50-33-16-17-40-35-23(2)32(49-6)15-14-28(33)35)22-42(30)36(45)29(38(3,4)5)19-34(44)51-25-10-8-9-11-25;1-7-18-14-27(18,25(32)33-6)15-22(29)21-12-17(2)16-28(21)24(31)20(26(3,4)5)13-23(30)34-19-10-8-9-11-19;1-7-10(14-2)4-3-8-9(13)5-6-12-11(7)8;4-8(5,6)7-3-1-2-3/h7,14-17,24-27,29-30H,1,8-13,18-22H2,2-6H3,(H,41,46);7,17-21H,1,8-16H2,2-6H3;3-6H,1-2H3,(H,12,13);3H,1-2H2,(H2,4,5,6)/t24-,27-,29-,30+,39-;17-,18+,20+,21-,27+;;/m10../s1. The highest BCUT2D eigenvalue weighted by Gasteiger charge is 2.63. The van der Waals surface area contributed by atoms with Gasteiger partial charge in [-0.3, -0.25) is 56.5 Å². The van der Waals surface area contributed by atoms with Gasteiger partial charge in [0.2, 0.25) is 17.7 Å². The molecule has 27 nitrogen and oxygen atoms in total. The van der Waals surface area contributed by atoms with E-state index < -0.39 is 108 Å². The molecule has 4 N–H and O–H groups in total. The lowest BCUT2D eigenvalue weighted by molar-refractivity contribution is -0.156. The van der Waals surface area contributed by atoms with Crippen LogP contribution in [-0.4, -0.2) is 161 Å². The number of nitrogens with two attached hydrogens (primary N) is 1. The van der Waals surface area contributed by atoms with Gasteiger partial charge in [-0.2, -0.15) is 16.8 Å². The lowest BCUT2D eigenvalue weighted by Crippen LogP contribution is -2.48. The minimum atomic E-state index is -4.37. The van der Waals surface area contributed by atoms with Crippen molar-refractivity contribution in [3.8, 4) is 17.2 Å². The molecule has 598 valence electrons. The van der Waals surface area contributed by atoms with E-state index in [1.54, 1.807) is 55.8 Å². The molecule has 2 aliphatic heterocycles. The molecule has 0 radical (unpaired) electrons. The van der Waals surface area contributed by atoms with E-state index in [2.05, 4.69) is 32.4 Å². The molecule has 4 heterocycles. The molecule has 2 saturated heterocycles. The zero-order chi connectivity index (χ0) is 79.9. The first kappa shape index (κ1) is 84.9. The van der Waals surface area contributed by atoms with Crippen molar-refractivity contribution in [1.82, 2.24) is 24.5 Å². The Kier molecular flexibility index (Phi) is 27.3. The number of likely N-dealkylation sites (tertiary alicyclic amines) is 2. The fraction of sp³-hybridized carbons (Fsp3) is 0.625. The van der Waals surface area contributed by atoms with Gasteiger partial charge in [0.25, 0.3) is 0 Å². The average Bonchev–Trinajstić information content (AvgIpc) is 1.59. The molecule has 0 unspecified atom stereocenters. The lowest BCUT2D eigenvalue weighted by Gasteiger charge is -2.35. The Hall–Kier alpha value is -8.12. The number of carbonyl (C=O) groups excluding carboxylic acids is 8. The number of aromatic amines is 1. The quantitative estimate of drug-likeness (QED) is 0.0284. The maximum Gasteiger partial charge on any atom is 0.362 e. The molecule has 8 aliphatic rings. The Labute approximate surface area is 639 Å². The molecule has 8 fully saturated rings. The number of ether oxygens (including phenoxy) is 6. The molecule has 0 bridgehead atoms. The number of nitrogens with one attached hydrogen (secondary N) is 2. The number of allylic oxidation sites excluding steroid dienone is 2. The van der Waals surface area contributed by atoms with E-state index in [-0.39, 0.29) is 104 Å². The minimum absolute atomic E-state index is 0.00919. The van der Waals surface area contributed by atoms with Gasteiger partial charge in [0.1, 0.15) is 35.6 Å². The van der Waals surface area contributed by atoms with E-state index in [9.17, 15) is 60.0 Å². The van der Waals surface area contributed by atoms with Crippen molar-refractivity contribution in [2.24, 2.45) is 56.4 Å². The number of amides is 3. The van der Waals surface area contributed by atoms with Crippen molar-refractivity contribution < 1.29 is 92.0 Å². The number of Topliss-reactive ketones (excluding diaryl/α,β-unsaturated/α-hetero) is 2. The number of H-pyrrole nitrogens is 1. The van der Waals surface area contributed by atoms with E-state index in [4.69, 9.17) is 32.6 Å². The number of esters is 3. The number of fused-ring (bicyclic) bond motifs is 2. The van der Waals surface area contributed by atoms with Gasteiger partial charge in [0.05, 0.1) is 98.7 Å². The summed E-state index contributed by atoms with van der Waals surface area (Å²) in [5.74, 6) is -2.91. The van der Waals surface area contributed by atoms with Crippen molar-refractivity contribution in [3.05, 3.63) is 95.5 Å². The smallest absolute Gasteiger partial charge is 0.362 e. The third-order valence-corrected chi connectivity index (χ3v) is 23.8. The molecule has 6 saturated carbocycles. The first-order valence-electron chi connectivity index (χ1n) is 37.9. The second-order valence-electron chi connectivity index (χ2n) is 32.8. The zero-order valence-electron chi connectivity index (χ0n) is 65.0. The van der Waals surface area contributed by atoms with Crippen LogP contribution in [0.25, 0.3) is 21.8 Å². The van der Waals surface area contributed by atoms with Crippen LogP contribution >= 0.6 is 0 Å². The van der Waals surface area contributed by atoms with Crippen molar-refractivity contribution >= 4 is 89.6 Å². The van der Waals surface area contributed by atoms with Gasteiger partial charge in [-0.05, 0) is 169 Å². The number of aryl methyl sites for hydroxylation is 2. The lowest BCUT2D eigenvalue weighted by atomic mass is 9.77. The van der Waals surface area contributed by atoms with Crippen molar-refractivity contribution in [2.45, 2.75) is 233 Å². The number of nitrogens with zero attached hydrogens (tertiary/aromatic N) is 3. The summed E-state index contributed by atoms with van der Waals surface area (Å²) in [4.78, 5) is 130. The molecule has 109 heavy (non-hydrogen) atoms. The van der Waals surface area contributed by atoms with Crippen molar-refractivity contribution in [2.75, 3.05) is 34.4 Å². The Morgan fingerprint density at radius 3 is 1.60 bits per heavy atom. The normalized spacial score (nSPS) is 24.5. The Balaban J connectivity index is 0.000000205. The van der Waals surface area contributed by atoms with E-state index >= 15 is 0 Å². The highest BCUT2D eigenvalue weighted by Crippen LogP contribution is 2.58. The number of methoxy groups -OCH3 is 3. The summed E-state index contributed by atoms with van der Waals surface area (Å²) < 4.78 is 90.2. The van der Waals surface area contributed by atoms with Crippen LogP contribution in [0.3, 0.4) is 0 Å². The van der Waals surface area contributed by atoms with Crippen LogP contribution in [0.4, 0.5) is 0 Å². The van der Waals surface area contributed by atoms with Gasteiger partial charge in [-0.25, -0.2) is 9.86 Å². The van der Waals surface area contributed by atoms with Crippen LogP contribution in [0.5, 0.6) is 17.2 Å². The predicted octanol–water partition coefficient (Wildman–Crippen LogP) is 10.4. The maximum absolute atomic E-state index is 14.6. The molecular formula is C80H110N6O21S2. The van der Waals surface area contributed by atoms with Crippen LogP contribution in [0.15, 0.2) is 78.9 Å². The summed E-state index contributed by atoms with van der Waals surface area (Å²) in [6.07, 6.45) is 16.4. The second-order valence-corrected chi connectivity index (χ2v) is 35.3. The number of ketones is 2. The van der Waals surface area contributed by atoms with Crippen molar-refractivity contribution in [1.29, 1.82) is 0 Å². The summed E-state index contributed by atoms with van der Waals surface area (Å²) in [5, 5.41) is 5.96. The Morgan fingerprint density at radius 2 is 1.12 bits per heavy atom. The Bertz CT molecular complexity index is 4360. The summed E-state index contributed by atoms with van der Waals surface area (Å²) in [6.45, 7) is 25.4. The van der Waals surface area contributed by atoms with Gasteiger partial charge < -0.3 is 43.2 Å². The van der Waals surface area contributed by atoms with E-state index in [0.717, 1.165) is 92.0 Å². The molecule has 0 spiro atoms. The average molecular weight is 1560 g/mol. The minimum Gasteiger partial charge on any atom is -0.496 e. The first-order valence-corrected chi connectivity index (χ1v) is 40.8. The monoisotopic (exact) mass is 1550 g/mol. The van der Waals surface area contributed by atoms with Gasteiger partial charge in [0.15, 0.2) is 17.0 Å². The summed E-state index contributed by atoms with van der Waals surface area (Å²) >= 11 is 0. The van der Waals surface area contributed by atoms with Gasteiger partial charge in [0, 0.05) is 66.2 Å². The van der Waals surface area contributed by atoms with E-state index in [1.807, 2.05) is 85.2 Å². The largest absolute Gasteiger partial charge is 0.496 e. The number of aromatic nitrogens is 2. The molecule has 12 rings (SSSR count). The Morgan fingerprint density at radius 1 is 0.633 bits per heavy atom. The van der Waals surface area contributed by atoms with Gasteiger partial charge in [-0.1, -0.05) is 60.6 Å². The van der Waals surface area contributed by atoms with Crippen LogP contribution < -0.4 is 29.5 Å². The van der Waals surface area contributed by atoms with Crippen molar-refractivity contribution in [3.63, 3.8) is 0 Å². The SMILES string of the molecule is C=C[C@@H]1C[C@]1(CC(=O)[C@@H]1C[C@@H](Oc2ccnc3c(C)c(OC)ccc23)CN1C(=O)[C@@H](CC(=O)OC1CCCC1)C(C)(C)C)C(=O)NS(=O)(=O)OC1CC1.C=C[C@@H]1C[C@]1(CC(=O)[C@@H]1C[C@H](C)CN1C(=O)[C@@H](CC(=O)OC1CCCC1)C(C)(C)C)C(=O)OC.COc1ccc2c(=O)cc[nH]c2c1C.NS(=O)(=O)OC1CC1. The molecule has 2 aromatic heterocycles. The number of carbonyl (C=O) groups is 8. The van der Waals surface area contributed by atoms with E-state index in [1.165, 1.54) is 18.1 Å². The van der Waals surface area contributed by atoms with Crippen LogP contribution in [0.2, 0.25) is 0 Å². The highest BCUT2D eigenvalue weighted by molar-refractivity contribution is 7.85. The van der Waals surface area contributed by atoms with E-state index in [0.29, 0.717) is 54.6 Å². The van der Waals surface area contributed by atoms with Gasteiger partial charge >= 0.3 is 38.5 Å². The predicted molar refractivity (Wildman–Crippen MR) is 406 cm³/mol. The second kappa shape index (κ2) is 35.1. The maximum atomic E-state index is 14.6. The molecule has 29 heteroatoms. The van der Waals surface area contributed by atoms with Crippen LogP contribution in [0, 0.1) is 65.1 Å².